The van der Waals surface area contributed by atoms with E-state index in [0.29, 0.717) is 45.3 Å². The number of fused-ring (bicyclic) bond motifs is 9. The van der Waals surface area contributed by atoms with Crippen LogP contribution in [0, 0.1) is 0 Å². The molecule has 6 heteroatoms. The second-order valence-corrected chi connectivity index (χ2v) is 14.0. The fraction of sp³-hybridized carbons (Fsp3) is 0. The van der Waals surface area contributed by atoms with Gasteiger partial charge in [0.25, 0.3) is 0 Å². The molecule has 266 valence electrons. The maximum atomic E-state index is 8.90. The lowest BCUT2D eigenvalue weighted by molar-refractivity contribution is 0.669. The van der Waals surface area contributed by atoms with Crippen LogP contribution in [-0.2, 0) is 0 Å². The Hall–Kier alpha value is -7.83. The van der Waals surface area contributed by atoms with Gasteiger partial charge in [0, 0.05) is 60.4 Å². The number of benzene rings is 8. The summed E-state index contributed by atoms with van der Waals surface area (Å²) in [5.74, 6) is 1.33. The first-order chi connectivity index (χ1) is 30.7. The third-order valence-corrected chi connectivity index (χ3v) is 10.7. The van der Waals surface area contributed by atoms with Crippen LogP contribution < -0.4 is 0 Å². The number of furan rings is 1. The Morgan fingerprint density at radius 2 is 0.912 bits per heavy atom. The molecule has 12 aromatic rings. The van der Waals surface area contributed by atoms with Gasteiger partial charge in [-0.1, -0.05) is 109 Å². The second kappa shape index (κ2) is 12.3. The lowest BCUT2D eigenvalue weighted by atomic mass is 10.1. The van der Waals surface area contributed by atoms with E-state index in [-0.39, 0.29) is 47.0 Å². The van der Waals surface area contributed by atoms with Crippen LogP contribution in [0.15, 0.2) is 192 Å². The summed E-state index contributed by atoms with van der Waals surface area (Å²) in [4.78, 5) is 15.2. The smallest absolute Gasteiger partial charge is 0.164 e. The van der Waals surface area contributed by atoms with Crippen molar-refractivity contribution >= 4 is 65.6 Å². The van der Waals surface area contributed by atoms with Crippen LogP contribution in [0.1, 0.15) is 8.22 Å². The van der Waals surface area contributed by atoms with Gasteiger partial charge in [0.2, 0.25) is 0 Å². The van der Waals surface area contributed by atoms with Gasteiger partial charge < -0.3 is 13.6 Å². The summed E-state index contributed by atoms with van der Waals surface area (Å²) in [6, 6.07) is 48.2. The molecule has 0 saturated heterocycles. The van der Waals surface area contributed by atoms with Crippen LogP contribution in [-0.4, -0.2) is 24.1 Å². The van der Waals surface area contributed by atoms with Crippen molar-refractivity contribution in [3.63, 3.8) is 0 Å². The van der Waals surface area contributed by atoms with Crippen molar-refractivity contribution in [2.45, 2.75) is 0 Å². The summed E-state index contributed by atoms with van der Waals surface area (Å²) in [5.41, 5.74) is 8.00. The average Bonchev–Trinajstić information content (AvgIpc) is 3.99. The van der Waals surface area contributed by atoms with E-state index >= 15 is 0 Å². The quantitative estimate of drug-likeness (QED) is 0.177. The zero-order valence-corrected chi connectivity index (χ0v) is 30.1. The molecule has 4 heterocycles. The number of hydrogen-bond donors (Lipinski definition) is 0. The SMILES string of the molecule is [2H]c1cc([2H])c2c(c1[2H])c1c([2H])c([2H])cc([2H])c1n2-c1ccc(-c2nc(-c3cccc(-n4c5ccccc5c5ccccc54)c3)nc(-c3ccc4c(c3)oc3ccccc34)n2)cc1. The van der Waals surface area contributed by atoms with E-state index in [1.165, 1.54) is 12.1 Å². The molecule has 0 atom stereocenters. The molecule has 0 unspecified atom stereocenters. The molecular weight excluding hydrogens is 699 g/mol. The fourth-order valence-corrected chi connectivity index (χ4v) is 8.15. The first kappa shape index (κ1) is 26.1. The fourth-order valence-electron chi connectivity index (χ4n) is 8.15. The number of rotatable bonds is 5. The number of hydrogen-bond acceptors (Lipinski definition) is 4. The van der Waals surface area contributed by atoms with Crippen LogP contribution in [0.2, 0.25) is 0 Å². The highest BCUT2D eigenvalue weighted by Gasteiger charge is 2.18. The topological polar surface area (TPSA) is 61.7 Å². The van der Waals surface area contributed by atoms with Crippen LogP contribution in [0.5, 0.6) is 0 Å². The molecule has 6 nitrogen and oxygen atoms in total. The normalized spacial score (nSPS) is 13.3. The predicted molar refractivity (Wildman–Crippen MR) is 232 cm³/mol. The highest BCUT2D eigenvalue weighted by molar-refractivity contribution is 6.10. The molecule has 12 rings (SSSR count). The maximum Gasteiger partial charge on any atom is 0.164 e. The van der Waals surface area contributed by atoms with Gasteiger partial charge >= 0.3 is 0 Å². The molecule has 0 spiro atoms. The van der Waals surface area contributed by atoms with Gasteiger partial charge in [-0.05, 0) is 78.8 Å². The first-order valence-corrected chi connectivity index (χ1v) is 18.6. The van der Waals surface area contributed by atoms with E-state index in [9.17, 15) is 0 Å². The van der Waals surface area contributed by atoms with Gasteiger partial charge in [0.1, 0.15) is 11.2 Å². The third-order valence-electron chi connectivity index (χ3n) is 10.7. The molecule has 57 heavy (non-hydrogen) atoms. The summed E-state index contributed by atoms with van der Waals surface area (Å²) in [6.45, 7) is 0. The maximum absolute atomic E-state index is 8.90. The van der Waals surface area contributed by atoms with E-state index in [1.807, 2.05) is 78.9 Å². The van der Waals surface area contributed by atoms with Crippen molar-refractivity contribution in [1.82, 2.24) is 24.1 Å². The van der Waals surface area contributed by atoms with Gasteiger partial charge in [0.15, 0.2) is 17.5 Å². The summed E-state index contributed by atoms with van der Waals surface area (Å²) in [7, 11) is 0. The number of para-hydroxylation sites is 5. The van der Waals surface area contributed by atoms with Crippen LogP contribution in [0.3, 0.4) is 0 Å². The van der Waals surface area contributed by atoms with E-state index in [0.717, 1.165) is 55.0 Å². The Labute approximate surface area is 335 Å². The highest BCUT2D eigenvalue weighted by atomic mass is 16.3. The van der Waals surface area contributed by atoms with Gasteiger partial charge in [-0.15, -0.1) is 0 Å². The second-order valence-electron chi connectivity index (χ2n) is 14.0. The molecule has 0 aliphatic rings. The minimum absolute atomic E-state index is 0.0204. The van der Waals surface area contributed by atoms with Gasteiger partial charge in [-0.3, -0.25) is 0 Å². The minimum Gasteiger partial charge on any atom is -0.456 e. The molecule has 0 aliphatic carbocycles. The summed E-state index contributed by atoms with van der Waals surface area (Å²) >= 11 is 0. The molecule has 0 saturated carbocycles. The van der Waals surface area contributed by atoms with Crippen molar-refractivity contribution in [3.05, 3.63) is 188 Å². The predicted octanol–water partition coefficient (Wildman–Crippen LogP) is 13.0. The average molecular weight is 736 g/mol. The summed E-state index contributed by atoms with van der Waals surface area (Å²) in [6.07, 6.45) is 0. The summed E-state index contributed by atoms with van der Waals surface area (Å²) < 4.78 is 62.3. The lowest BCUT2D eigenvalue weighted by Gasteiger charge is -2.12. The van der Waals surface area contributed by atoms with E-state index in [4.69, 9.17) is 27.6 Å². The van der Waals surface area contributed by atoms with E-state index in [2.05, 4.69) is 65.2 Å². The van der Waals surface area contributed by atoms with E-state index in [1.54, 1.807) is 4.57 Å². The van der Waals surface area contributed by atoms with E-state index < -0.39 is 0 Å². The zero-order chi connectivity index (χ0) is 42.7. The molecule has 0 fully saturated rings. The molecule has 0 bridgehead atoms. The molecule has 0 N–H and O–H groups in total. The Balaban J connectivity index is 1.04. The lowest BCUT2D eigenvalue weighted by Crippen LogP contribution is -2.01. The highest BCUT2D eigenvalue weighted by Crippen LogP contribution is 2.36. The monoisotopic (exact) mass is 735 g/mol. The van der Waals surface area contributed by atoms with Gasteiger partial charge in [-0.25, -0.2) is 15.0 Å². The van der Waals surface area contributed by atoms with Crippen molar-refractivity contribution in [2.24, 2.45) is 0 Å². The molecular formula is C51H31N5O. The Bertz CT molecular complexity index is 3770. The Kier molecular flexibility index (Phi) is 5.64. The Morgan fingerprint density at radius 1 is 0.368 bits per heavy atom. The zero-order valence-electron chi connectivity index (χ0n) is 36.1. The van der Waals surface area contributed by atoms with Gasteiger partial charge in [-0.2, -0.15) is 0 Å². The largest absolute Gasteiger partial charge is 0.456 e. The standard InChI is InChI=1S/C51H31N5O/c1-6-19-43-37(14-1)38-15-2-7-20-44(38)55(43)35-27-24-32(25-28-35)49-52-50(54-51(53-49)34-26-29-42-41-18-5-10-23-47(41)57-48(42)31-34)33-12-11-13-36(30-33)56-45-21-8-3-16-39(45)40-17-4-9-22-46(40)56/h1-31H/i1D,2D,14D,15D,19D,20D. The van der Waals surface area contributed by atoms with Crippen molar-refractivity contribution < 1.29 is 12.6 Å². The van der Waals surface area contributed by atoms with Crippen LogP contribution >= 0.6 is 0 Å². The number of nitrogens with zero attached hydrogens (tertiary/aromatic N) is 5. The van der Waals surface area contributed by atoms with Crippen molar-refractivity contribution in [2.75, 3.05) is 0 Å². The summed E-state index contributed by atoms with van der Waals surface area (Å²) in [5, 5.41) is 4.74. The van der Waals surface area contributed by atoms with Gasteiger partial charge in [0.05, 0.1) is 30.3 Å². The minimum atomic E-state index is -0.162. The molecule has 0 radical (unpaired) electrons. The Morgan fingerprint density at radius 3 is 1.60 bits per heavy atom. The van der Waals surface area contributed by atoms with Crippen molar-refractivity contribution in [3.8, 4) is 45.5 Å². The third kappa shape index (κ3) is 4.94. The number of aromatic nitrogens is 5. The molecule has 0 amide bonds. The molecule has 4 aromatic heterocycles. The molecule has 0 aliphatic heterocycles. The van der Waals surface area contributed by atoms with Crippen molar-refractivity contribution in [1.29, 1.82) is 0 Å². The molecule has 8 aromatic carbocycles. The van der Waals surface area contributed by atoms with Crippen LogP contribution in [0.4, 0.5) is 0 Å². The first-order valence-electron chi connectivity index (χ1n) is 21.6. The van der Waals surface area contributed by atoms with Crippen LogP contribution in [0.25, 0.3) is 111 Å².